The number of carbonyl (C=O) groups excluding carboxylic acids is 3. The lowest BCUT2D eigenvalue weighted by atomic mass is 10.1. The van der Waals surface area contributed by atoms with Crippen LogP contribution in [0.3, 0.4) is 0 Å². The quantitative estimate of drug-likeness (QED) is 0.327. The van der Waals surface area contributed by atoms with Gasteiger partial charge >= 0.3 is 0 Å². The molecule has 1 aliphatic rings. The average molecular weight is 557 g/mol. The first-order chi connectivity index (χ1) is 19.5. The van der Waals surface area contributed by atoms with Crippen LogP contribution in [-0.4, -0.2) is 60.2 Å². The van der Waals surface area contributed by atoms with Gasteiger partial charge in [-0.25, -0.2) is 4.39 Å². The zero-order valence-corrected chi connectivity index (χ0v) is 22.6. The number of benzene rings is 3. The summed E-state index contributed by atoms with van der Waals surface area (Å²) in [4.78, 5) is 44.8. The smallest absolute Gasteiger partial charge is 0.264 e. The van der Waals surface area contributed by atoms with Gasteiger partial charge in [-0.3, -0.25) is 14.4 Å². The van der Waals surface area contributed by atoms with Crippen molar-refractivity contribution in [1.82, 2.24) is 9.80 Å². The van der Waals surface area contributed by atoms with E-state index in [2.05, 4.69) is 10.2 Å². The Balaban J connectivity index is 1.16. The molecule has 1 saturated heterocycles. The van der Waals surface area contributed by atoms with Gasteiger partial charge in [0.15, 0.2) is 0 Å². The summed E-state index contributed by atoms with van der Waals surface area (Å²) in [6.45, 7) is 2.61. The number of carbonyl (C=O) groups is 3. The van der Waals surface area contributed by atoms with Crippen LogP contribution in [0.2, 0.25) is 0 Å². The summed E-state index contributed by atoms with van der Waals surface area (Å²) in [6, 6.07) is 26.5. The number of nitrogens with zero attached hydrogens (tertiary/aromatic N) is 3. The van der Waals surface area contributed by atoms with E-state index in [0.29, 0.717) is 48.9 Å². The van der Waals surface area contributed by atoms with Crippen molar-refractivity contribution in [2.24, 2.45) is 0 Å². The highest BCUT2D eigenvalue weighted by Gasteiger charge is 2.23. The Bertz CT molecular complexity index is 1450. The molecule has 40 heavy (non-hydrogen) atoms. The summed E-state index contributed by atoms with van der Waals surface area (Å²) < 4.78 is 13.5. The standard InChI is InChI=1S/C31H29FN4O3S/c32-25-9-4-8-24(20-25)30(38)35-17-15-34(16-18-35)27-13-11-26(12-14-27)33-29(37)22-36(21-23-6-2-1-3-7-23)31(39)28-10-5-19-40-28/h1-14,19-20H,15-18,21-22H2,(H,33,37). The van der Waals surface area contributed by atoms with Crippen molar-refractivity contribution in [2.45, 2.75) is 6.54 Å². The fraction of sp³-hybridized carbons (Fsp3) is 0.194. The Labute approximate surface area is 236 Å². The Hall–Kier alpha value is -4.50. The molecule has 0 unspecified atom stereocenters. The van der Waals surface area contributed by atoms with Gasteiger partial charge in [-0.2, -0.15) is 0 Å². The Kier molecular flexibility index (Phi) is 8.51. The Morgan fingerprint density at radius 1 is 0.850 bits per heavy atom. The van der Waals surface area contributed by atoms with Gasteiger partial charge < -0.3 is 20.0 Å². The summed E-state index contributed by atoms with van der Waals surface area (Å²) in [6.07, 6.45) is 0. The third kappa shape index (κ3) is 6.73. The minimum absolute atomic E-state index is 0.0747. The number of nitrogens with one attached hydrogen (secondary N) is 1. The second-order valence-electron chi connectivity index (χ2n) is 9.51. The van der Waals surface area contributed by atoms with Gasteiger partial charge in [0.25, 0.3) is 11.8 Å². The summed E-state index contributed by atoms with van der Waals surface area (Å²) in [5.41, 5.74) is 2.92. The summed E-state index contributed by atoms with van der Waals surface area (Å²) in [5, 5.41) is 4.75. The predicted molar refractivity (Wildman–Crippen MR) is 155 cm³/mol. The van der Waals surface area contributed by atoms with Crippen LogP contribution in [0.15, 0.2) is 96.4 Å². The molecule has 7 nitrogen and oxygen atoms in total. The highest BCUT2D eigenvalue weighted by Crippen LogP contribution is 2.21. The molecule has 0 radical (unpaired) electrons. The first-order valence-corrected chi connectivity index (χ1v) is 13.9. The van der Waals surface area contributed by atoms with Gasteiger partial charge in [-0.15, -0.1) is 11.3 Å². The number of thiophene rings is 1. The molecule has 1 aromatic heterocycles. The van der Waals surface area contributed by atoms with Gasteiger partial charge in [0.2, 0.25) is 5.91 Å². The first-order valence-electron chi connectivity index (χ1n) is 13.0. The minimum Gasteiger partial charge on any atom is -0.368 e. The first kappa shape index (κ1) is 27.1. The molecule has 1 fully saturated rings. The SMILES string of the molecule is O=C(CN(Cc1ccccc1)C(=O)c1cccs1)Nc1ccc(N2CCN(C(=O)c3cccc(F)c3)CC2)cc1. The fourth-order valence-corrected chi connectivity index (χ4v) is 5.35. The lowest BCUT2D eigenvalue weighted by molar-refractivity contribution is -0.117. The number of amides is 3. The molecular weight excluding hydrogens is 527 g/mol. The number of halogens is 1. The van der Waals surface area contributed by atoms with E-state index in [1.807, 2.05) is 66.0 Å². The topological polar surface area (TPSA) is 73.0 Å². The van der Waals surface area contributed by atoms with Crippen molar-refractivity contribution in [3.63, 3.8) is 0 Å². The highest BCUT2D eigenvalue weighted by atomic mass is 32.1. The molecule has 5 rings (SSSR count). The van der Waals surface area contributed by atoms with Crippen LogP contribution in [0, 0.1) is 5.82 Å². The number of anilines is 2. The second kappa shape index (κ2) is 12.6. The maximum atomic E-state index is 13.5. The van der Waals surface area contributed by atoms with Gasteiger partial charge in [0.1, 0.15) is 12.4 Å². The van der Waals surface area contributed by atoms with Crippen molar-refractivity contribution in [1.29, 1.82) is 0 Å². The second-order valence-corrected chi connectivity index (χ2v) is 10.5. The summed E-state index contributed by atoms with van der Waals surface area (Å²) in [7, 11) is 0. The molecule has 0 aliphatic carbocycles. The van der Waals surface area contributed by atoms with Crippen molar-refractivity contribution >= 4 is 40.4 Å². The maximum absolute atomic E-state index is 13.5. The molecule has 3 aromatic carbocycles. The summed E-state index contributed by atoms with van der Waals surface area (Å²) in [5.74, 6) is -1.05. The van der Waals surface area contributed by atoms with Crippen LogP contribution in [0.25, 0.3) is 0 Å². The van der Waals surface area contributed by atoms with Crippen LogP contribution in [0.5, 0.6) is 0 Å². The highest BCUT2D eigenvalue weighted by molar-refractivity contribution is 7.12. The molecular formula is C31H29FN4O3S. The molecule has 204 valence electrons. The van der Waals surface area contributed by atoms with Crippen molar-refractivity contribution in [2.75, 3.05) is 42.9 Å². The lowest BCUT2D eigenvalue weighted by Gasteiger charge is -2.36. The van der Waals surface area contributed by atoms with Crippen LogP contribution in [0.4, 0.5) is 15.8 Å². The third-order valence-corrected chi connectivity index (χ3v) is 7.58. The molecule has 9 heteroatoms. The predicted octanol–water partition coefficient (Wildman–Crippen LogP) is 5.13. The van der Waals surface area contributed by atoms with E-state index in [9.17, 15) is 18.8 Å². The molecule has 0 bridgehead atoms. The number of rotatable bonds is 8. The van der Waals surface area contributed by atoms with E-state index in [0.717, 1.165) is 11.3 Å². The maximum Gasteiger partial charge on any atom is 0.264 e. The Morgan fingerprint density at radius 2 is 1.60 bits per heavy atom. The van der Waals surface area contributed by atoms with Crippen molar-refractivity contribution < 1.29 is 18.8 Å². The number of hydrogen-bond acceptors (Lipinski definition) is 5. The zero-order valence-electron chi connectivity index (χ0n) is 21.8. The van der Waals surface area contributed by atoms with E-state index in [4.69, 9.17) is 0 Å². The monoisotopic (exact) mass is 556 g/mol. The number of piperazine rings is 1. The largest absolute Gasteiger partial charge is 0.368 e. The fourth-order valence-electron chi connectivity index (χ4n) is 4.66. The zero-order chi connectivity index (χ0) is 27.9. The van der Waals surface area contributed by atoms with Crippen LogP contribution >= 0.6 is 11.3 Å². The van der Waals surface area contributed by atoms with Crippen LogP contribution < -0.4 is 10.2 Å². The van der Waals surface area contributed by atoms with Gasteiger partial charge in [0.05, 0.1) is 4.88 Å². The number of hydrogen-bond donors (Lipinski definition) is 1. The van der Waals surface area contributed by atoms with Crippen molar-refractivity contribution in [3.05, 3.63) is 118 Å². The van der Waals surface area contributed by atoms with E-state index in [-0.39, 0.29) is 24.3 Å². The molecule has 4 aromatic rings. The molecule has 0 spiro atoms. The van der Waals surface area contributed by atoms with E-state index >= 15 is 0 Å². The lowest BCUT2D eigenvalue weighted by Crippen LogP contribution is -2.48. The average Bonchev–Trinajstić information content (AvgIpc) is 3.52. The van der Waals surface area contributed by atoms with E-state index in [1.165, 1.54) is 23.5 Å². The van der Waals surface area contributed by atoms with E-state index in [1.54, 1.807) is 28.0 Å². The minimum atomic E-state index is -0.422. The summed E-state index contributed by atoms with van der Waals surface area (Å²) >= 11 is 1.35. The van der Waals surface area contributed by atoms with Crippen molar-refractivity contribution in [3.8, 4) is 0 Å². The van der Waals surface area contributed by atoms with Gasteiger partial charge in [-0.1, -0.05) is 42.5 Å². The molecule has 3 amide bonds. The Morgan fingerprint density at radius 3 is 2.27 bits per heavy atom. The molecule has 2 heterocycles. The van der Waals surface area contributed by atoms with E-state index < -0.39 is 5.82 Å². The molecule has 1 aliphatic heterocycles. The molecule has 1 N–H and O–H groups in total. The van der Waals surface area contributed by atoms with Crippen LogP contribution in [-0.2, 0) is 11.3 Å². The van der Waals surface area contributed by atoms with Gasteiger partial charge in [-0.05, 0) is 59.5 Å². The molecule has 0 saturated carbocycles. The normalized spacial score (nSPS) is 13.1. The van der Waals surface area contributed by atoms with Gasteiger partial charge in [0, 0.05) is 49.7 Å². The van der Waals surface area contributed by atoms with Crippen LogP contribution in [0.1, 0.15) is 25.6 Å². The third-order valence-electron chi connectivity index (χ3n) is 6.72. The molecule has 0 atom stereocenters.